The zero-order chi connectivity index (χ0) is 21.1. The highest BCUT2D eigenvalue weighted by molar-refractivity contribution is 5.91. The first kappa shape index (κ1) is 20.2. The number of carbonyl (C=O) groups excluding carboxylic acids is 1. The summed E-state index contributed by atoms with van der Waals surface area (Å²) in [4.78, 5) is 31.0. The lowest BCUT2D eigenvalue weighted by Gasteiger charge is -2.22. The van der Waals surface area contributed by atoms with Crippen molar-refractivity contribution in [3.8, 4) is 0 Å². The molecule has 1 aromatic carbocycles. The Morgan fingerprint density at radius 1 is 1.10 bits per heavy atom. The summed E-state index contributed by atoms with van der Waals surface area (Å²) in [7, 11) is 0. The average Bonchev–Trinajstić information content (AvgIpc) is 2.92. The fraction of sp³-hybridized carbons (Fsp3) is 0.435. The molecule has 7 heteroatoms. The zero-order valence-corrected chi connectivity index (χ0v) is 17.7. The van der Waals surface area contributed by atoms with Crippen LogP contribution in [0.15, 0.2) is 35.1 Å². The summed E-state index contributed by atoms with van der Waals surface area (Å²) in [6, 6.07) is 9.62. The average molecular weight is 408 g/mol. The van der Waals surface area contributed by atoms with Gasteiger partial charge in [0.05, 0.1) is 0 Å². The van der Waals surface area contributed by atoms with E-state index in [-0.39, 0.29) is 11.5 Å². The molecule has 0 saturated carbocycles. The van der Waals surface area contributed by atoms with Gasteiger partial charge in [-0.25, -0.2) is 9.50 Å². The second kappa shape index (κ2) is 8.73. The molecule has 0 bridgehead atoms. The van der Waals surface area contributed by atoms with Crippen LogP contribution in [0, 0.1) is 13.8 Å². The van der Waals surface area contributed by atoms with Crippen molar-refractivity contribution in [3.05, 3.63) is 57.6 Å². The Morgan fingerprint density at radius 2 is 1.80 bits per heavy atom. The van der Waals surface area contributed by atoms with Gasteiger partial charge in [-0.3, -0.25) is 14.7 Å². The van der Waals surface area contributed by atoms with Gasteiger partial charge in [-0.2, -0.15) is 0 Å². The lowest BCUT2D eigenvalue weighted by Crippen LogP contribution is -2.23. The van der Waals surface area contributed by atoms with E-state index in [1.165, 1.54) is 37.4 Å². The smallest absolute Gasteiger partial charge is 0.266 e. The number of H-pyrrole nitrogens is 1. The van der Waals surface area contributed by atoms with E-state index in [1.54, 1.807) is 4.52 Å². The zero-order valence-electron chi connectivity index (χ0n) is 17.7. The molecule has 7 nitrogen and oxygen atoms in total. The van der Waals surface area contributed by atoms with Crippen LogP contribution in [0.3, 0.4) is 0 Å². The molecule has 3 heterocycles. The van der Waals surface area contributed by atoms with Crippen molar-refractivity contribution < 1.29 is 4.79 Å². The van der Waals surface area contributed by atoms with Crippen molar-refractivity contribution >= 4 is 22.9 Å². The Balaban J connectivity index is 1.38. The Morgan fingerprint density at radius 3 is 2.50 bits per heavy atom. The van der Waals surface area contributed by atoms with Gasteiger partial charge in [0.15, 0.2) is 5.65 Å². The van der Waals surface area contributed by atoms with Crippen molar-refractivity contribution in [2.45, 2.75) is 52.4 Å². The van der Waals surface area contributed by atoms with Crippen LogP contribution >= 0.6 is 0 Å². The number of aromatic nitrogens is 3. The quantitative estimate of drug-likeness (QED) is 0.677. The number of benzene rings is 1. The lowest BCUT2D eigenvalue weighted by molar-refractivity contribution is -0.116. The van der Waals surface area contributed by atoms with Crippen LogP contribution in [0.2, 0.25) is 0 Å². The SMILES string of the molecule is Cc1nc2cc(=O)[nH]n2c(C)c1CCC(=O)Nc1ccc(N2CCCCCC2)cc1. The van der Waals surface area contributed by atoms with Gasteiger partial charge in [-0.15, -0.1) is 0 Å². The maximum absolute atomic E-state index is 12.5. The second-order valence-electron chi connectivity index (χ2n) is 8.07. The molecular weight excluding hydrogens is 378 g/mol. The van der Waals surface area contributed by atoms with Crippen LogP contribution in [0.5, 0.6) is 0 Å². The second-order valence-corrected chi connectivity index (χ2v) is 8.07. The van der Waals surface area contributed by atoms with E-state index >= 15 is 0 Å². The molecule has 30 heavy (non-hydrogen) atoms. The normalized spacial score (nSPS) is 14.7. The first-order chi connectivity index (χ1) is 14.5. The number of anilines is 2. The first-order valence-corrected chi connectivity index (χ1v) is 10.7. The van der Waals surface area contributed by atoms with Crippen molar-refractivity contribution in [1.82, 2.24) is 14.6 Å². The number of hydrogen-bond donors (Lipinski definition) is 2. The van der Waals surface area contributed by atoms with Crippen molar-refractivity contribution in [2.24, 2.45) is 0 Å². The minimum Gasteiger partial charge on any atom is -0.372 e. The summed E-state index contributed by atoms with van der Waals surface area (Å²) >= 11 is 0. The molecule has 1 aliphatic heterocycles. The third-order valence-corrected chi connectivity index (χ3v) is 5.93. The highest BCUT2D eigenvalue weighted by Gasteiger charge is 2.13. The molecule has 1 amide bonds. The monoisotopic (exact) mass is 407 g/mol. The first-order valence-electron chi connectivity index (χ1n) is 10.7. The molecule has 0 radical (unpaired) electrons. The van der Waals surface area contributed by atoms with Gasteiger partial charge in [0, 0.05) is 48.3 Å². The van der Waals surface area contributed by atoms with Crippen molar-refractivity contribution in [3.63, 3.8) is 0 Å². The summed E-state index contributed by atoms with van der Waals surface area (Å²) in [6.45, 7) is 6.07. The van der Waals surface area contributed by atoms with Crippen LogP contribution in [-0.2, 0) is 11.2 Å². The number of carbonyl (C=O) groups is 1. The van der Waals surface area contributed by atoms with Crippen LogP contribution in [0.1, 0.15) is 49.1 Å². The van der Waals surface area contributed by atoms with Gasteiger partial charge in [-0.1, -0.05) is 12.8 Å². The molecule has 0 atom stereocenters. The molecule has 0 aliphatic carbocycles. The topological polar surface area (TPSA) is 82.5 Å². The van der Waals surface area contributed by atoms with Gasteiger partial charge >= 0.3 is 0 Å². The fourth-order valence-corrected chi connectivity index (χ4v) is 4.26. The predicted molar refractivity (Wildman–Crippen MR) is 119 cm³/mol. The van der Waals surface area contributed by atoms with Crippen LogP contribution < -0.4 is 15.8 Å². The van der Waals surface area contributed by atoms with Crippen molar-refractivity contribution in [1.29, 1.82) is 0 Å². The third-order valence-electron chi connectivity index (χ3n) is 5.93. The van der Waals surface area contributed by atoms with Crippen LogP contribution in [0.25, 0.3) is 5.65 Å². The maximum atomic E-state index is 12.5. The Kier molecular flexibility index (Phi) is 5.88. The number of aromatic amines is 1. The van der Waals surface area contributed by atoms with E-state index in [4.69, 9.17) is 0 Å². The van der Waals surface area contributed by atoms with E-state index < -0.39 is 0 Å². The standard InChI is InChI=1S/C23H29N5O2/c1-16-20(17(2)28-21(24-16)15-23(30)26-28)11-12-22(29)25-18-7-9-19(10-8-18)27-13-5-3-4-6-14-27/h7-10,15H,3-6,11-14H2,1-2H3,(H,25,29)(H,26,30). The molecule has 2 aromatic heterocycles. The Labute approximate surface area is 176 Å². The molecule has 3 aromatic rings. The van der Waals surface area contributed by atoms with E-state index in [2.05, 4.69) is 32.4 Å². The van der Waals surface area contributed by atoms with Crippen molar-refractivity contribution in [2.75, 3.05) is 23.3 Å². The summed E-state index contributed by atoms with van der Waals surface area (Å²) in [6.07, 6.45) is 6.04. The minimum atomic E-state index is -0.177. The minimum absolute atomic E-state index is 0.0302. The third kappa shape index (κ3) is 4.40. The summed E-state index contributed by atoms with van der Waals surface area (Å²) in [5.41, 5.74) is 5.21. The van der Waals surface area contributed by atoms with E-state index in [9.17, 15) is 9.59 Å². The van der Waals surface area contributed by atoms with Gasteiger partial charge in [-0.05, 0) is 62.9 Å². The lowest BCUT2D eigenvalue weighted by atomic mass is 10.1. The van der Waals surface area contributed by atoms with Gasteiger partial charge < -0.3 is 10.2 Å². The van der Waals surface area contributed by atoms with E-state index in [0.29, 0.717) is 18.5 Å². The fourth-order valence-electron chi connectivity index (χ4n) is 4.26. The molecule has 158 valence electrons. The Hall–Kier alpha value is -3.09. The summed E-state index contributed by atoms with van der Waals surface area (Å²) in [5.74, 6) is -0.0302. The predicted octanol–water partition coefficient (Wildman–Crippen LogP) is 3.59. The number of rotatable bonds is 5. The number of amides is 1. The maximum Gasteiger partial charge on any atom is 0.266 e. The number of aryl methyl sites for hydroxylation is 2. The van der Waals surface area contributed by atoms with Crippen LogP contribution in [-0.4, -0.2) is 33.6 Å². The molecule has 1 fully saturated rings. The Bertz CT molecular complexity index is 1090. The number of hydrogen-bond acceptors (Lipinski definition) is 4. The molecule has 1 saturated heterocycles. The highest BCUT2D eigenvalue weighted by Crippen LogP contribution is 2.22. The molecule has 0 spiro atoms. The summed E-state index contributed by atoms with van der Waals surface area (Å²) in [5, 5.41) is 5.74. The molecule has 1 aliphatic rings. The van der Waals surface area contributed by atoms with E-state index in [1.807, 2.05) is 26.0 Å². The van der Waals surface area contributed by atoms with E-state index in [0.717, 1.165) is 35.7 Å². The largest absolute Gasteiger partial charge is 0.372 e. The molecule has 2 N–H and O–H groups in total. The molecule has 0 unspecified atom stereocenters. The number of fused-ring (bicyclic) bond motifs is 1. The molecular formula is C23H29N5O2. The summed E-state index contributed by atoms with van der Waals surface area (Å²) < 4.78 is 1.68. The van der Waals surface area contributed by atoms with Gasteiger partial charge in [0.1, 0.15) is 0 Å². The number of nitrogens with one attached hydrogen (secondary N) is 2. The van der Waals surface area contributed by atoms with Crippen LogP contribution in [0.4, 0.5) is 11.4 Å². The number of nitrogens with zero attached hydrogens (tertiary/aromatic N) is 3. The van der Waals surface area contributed by atoms with Gasteiger partial charge in [0.2, 0.25) is 5.91 Å². The highest BCUT2D eigenvalue weighted by atomic mass is 16.1. The molecule has 4 rings (SSSR count). The van der Waals surface area contributed by atoms with Gasteiger partial charge in [0.25, 0.3) is 5.56 Å².